The van der Waals surface area contributed by atoms with Gasteiger partial charge in [-0.3, -0.25) is 9.48 Å². The van der Waals surface area contributed by atoms with E-state index in [1.807, 2.05) is 13.8 Å². The lowest BCUT2D eigenvalue weighted by Gasteiger charge is -2.15. The molecule has 0 aliphatic heterocycles. The van der Waals surface area contributed by atoms with Gasteiger partial charge in [0.05, 0.1) is 17.1 Å². The summed E-state index contributed by atoms with van der Waals surface area (Å²) in [6, 6.07) is 0. The number of aryl methyl sites for hydroxylation is 1. The fraction of sp³-hybridized carbons (Fsp3) is 0.714. The Labute approximate surface area is 120 Å². The molecule has 0 spiro atoms. The number of aliphatic hydroxyl groups excluding tert-OH is 1. The van der Waals surface area contributed by atoms with Gasteiger partial charge in [0, 0.05) is 13.2 Å². The number of hydrogen-bond donors (Lipinski definition) is 3. The molecule has 0 saturated heterocycles. The van der Waals surface area contributed by atoms with Crippen molar-refractivity contribution in [3.63, 3.8) is 0 Å². The molecule has 1 aromatic rings. The van der Waals surface area contributed by atoms with Crippen LogP contribution in [-0.4, -0.2) is 33.9 Å². The van der Waals surface area contributed by atoms with Gasteiger partial charge in [-0.05, 0) is 32.6 Å². The van der Waals surface area contributed by atoms with E-state index in [9.17, 15) is 4.79 Å². The Morgan fingerprint density at radius 2 is 2.15 bits per heavy atom. The van der Waals surface area contributed by atoms with E-state index in [1.165, 1.54) is 0 Å². The summed E-state index contributed by atoms with van der Waals surface area (Å²) in [5.41, 5.74) is 8.04. The van der Waals surface area contributed by atoms with Crippen molar-refractivity contribution in [2.45, 2.75) is 46.6 Å². The van der Waals surface area contributed by atoms with Crippen LogP contribution in [0.3, 0.4) is 0 Å². The Hall–Kier alpha value is -1.56. The maximum atomic E-state index is 11.9. The van der Waals surface area contributed by atoms with E-state index in [1.54, 1.807) is 4.68 Å². The number of aliphatic hydroxyl groups is 1. The summed E-state index contributed by atoms with van der Waals surface area (Å²) in [4.78, 5) is 11.9. The van der Waals surface area contributed by atoms with E-state index in [-0.39, 0.29) is 19.1 Å². The van der Waals surface area contributed by atoms with E-state index in [2.05, 4.69) is 17.3 Å². The van der Waals surface area contributed by atoms with Gasteiger partial charge in [-0.1, -0.05) is 13.3 Å². The van der Waals surface area contributed by atoms with Gasteiger partial charge in [-0.2, -0.15) is 5.10 Å². The van der Waals surface area contributed by atoms with Crippen LogP contribution in [0.1, 0.15) is 37.6 Å². The van der Waals surface area contributed by atoms with Crippen LogP contribution in [0.2, 0.25) is 0 Å². The summed E-state index contributed by atoms with van der Waals surface area (Å²) in [6.45, 7) is 6.73. The topological polar surface area (TPSA) is 93.2 Å². The van der Waals surface area contributed by atoms with Crippen LogP contribution in [0, 0.1) is 19.8 Å². The first-order valence-corrected chi connectivity index (χ1v) is 7.16. The van der Waals surface area contributed by atoms with Gasteiger partial charge < -0.3 is 16.2 Å². The Balaban J connectivity index is 2.48. The van der Waals surface area contributed by atoms with Gasteiger partial charge in [0.25, 0.3) is 0 Å². The average Bonchev–Trinajstić information content (AvgIpc) is 2.64. The van der Waals surface area contributed by atoms with Gasteiger partial charge in [-0.25, -0.2) is 0 Å². The zero-order chi connectivity index (χ0) is 15.1. The zero-order valence-electron chi connectivity index (χ0n) is 12.6. The third-order valence-electron chi connectivity index (χ3n) is 3.55. The SMILES string of the molecule is CCCC(CCO)CNC(=O)Cn1nc(C)c(N)c1C. The van der Waals surface area contributed by atoms with E-state index in [4.69, 9.17) is 10.8 Å². The molecule has 20 heavy (non-hydrogen) atoms. The van der Waals surface area contributed by atoms with Gasteiger partial charge in [0.15, 0.2) is 0 Å². The molecular formula is C14H26N4O2. The molecule has 0 aliphatic carbocycles. The van der Waals surface area contributed by atoms with Crippen LogP contribution in [-0.2, 0) is 11.3 Å². The summed E-state index contributed by atoms with van der Waals surface area (Å²) in [7, 11) is 0. The molecule has 0 radical (unpaired) electrons. The fourth-order valence-electron chi connectivity index (χ4n) is 2.25. The smallest absolute Gasteiger partial charge is 0.241 e. The standard InChI is InChI=1S/C14H26N4O2/c1-4-5-12(6-7-19)8-16-13(20)9-18-11(3)14(15)10(2)17-18/h12,19H,4-9,15H2,1-3H3,(H,16,20). The van der Waals surface area contributed by atoms with E-state index < -0.39 is 0 Å². The second kappa shape index (κ2) is 7.89. The van der Waals surface area contributed by atoms with Crippen molar-refractivity contribution < 1.29 is 9.90 Å². The minimum absolute atomic E-state index is 0.0744. The molecule has 0 aliphatic rings. The molecule has 0 bridgehead atoms. The number of nitrogens with one attached hydrogen (secondary N) is 1. The highest BCUT2D eigenvalue weighted by Crippen LogP contribution is 2.14. The average molecular weight is 282 g/mol. The van der Waals surface area contributed by atoms with Gasteiger partial charge >= 0.3 is 0 Å². The fourth-order valence-corrected chi connectivity index (χ4v) is 2.25. The van der Waals surface area contributed by atoms with Gasteiger partial charge in [0.2, 0.25) is 5.91 Å². The highest BCUT2D eigenvalue weighted by atomic mass is 16.3. The van der Waals surface area contributed by atoms with Crippen molar-refractivity contribution >= 4 is 11.6 Å². The third kappa shape index (κ3) is 4.52. The molecular weight excluding hydrogens is 256 g/mol. The van der Waals surface area contributed by atoms with Crippen molar-refractivity contribution in [2.75, 3.05) is 18.9 Å². The molecule has 1 unspecified atom stereocenters. The van der Waals surface area contributed by atoms with Crippen LogP contribution < -0.4 is 11.1 Å². The predicted molar refractivity (Wildman–Crippen MR) is 79.2 cm³/mol. The number of rotatable bonds is 8. The molecule has 6 heteroatoms. The number of aromatic nitrogens is 2. The quantitative estimate of drug-likeness (QED) is 0.663. The molecule has 1 heterocycles. The first-order chi connectivity index (χ1) is 9.49. The highest BCUT2D eigenvalue weighted by molar-refractivity contribution is 5.75. The molecule has 1 rings (SSSR count). The lowest BCUT2D eigenvalue weighted by molar-refractivity contribution is -0.122. The van der Waals surface area contributed by atoms with E-state index in [0.717, 1.165) is 30.7 Å². The summed E-state index contributed by atoms with van der Waals surface area (Å²) < 4.78 is 1.63. The molecule has 0 aromatic carbocycles. The third-order valence-corrected chi connectivity index (χ3v) is 3.55. The van der Waals surface area contributed by atoms with Crippen LogP contribution in [0.15, 0.2) is 0 Å². The predicted octanol–water partition coefficient (Wildman–Crippen LogP) is 0.997. The van der Waals surface area contributed by atoms with Crippen molar-refractivity contribution in [1.29, 1.82) is 0 Å². The second-order valence-corrected chi connectivity index (χ2v) is 5.21. The normalized spacial score (nSPS) is 12.4. The Bertz CT molecular complexity index is 437. The zero-order valence-corrected chi connectivity index (χ0v) is 12.6. The monoisotopic (exact) mass is 282 g/mol. The lowest BCUT2D eigenvalue weighted by atomic mass is 10.0. The number of nitrogen functional groups attached to an aromatic ring is 1. The molecule has 0 saturated carbocycles. The second-order valence-electron chi connectivity index (χ2n) is 5.21. The van der Waals surface area contributed by atoms with Crippen LogP contribution >= 0.6 is 0 Å². The highest BCUT2D eigenvalue weighted by Gasteiger charge is 2.13. The number of nitrogens with two attached hydrogens (primary N) is 1. The largest absolute Gasteiger partial charge is 0.396 e. The first kappa shape index (κ1) is 16.5. The number of nitrogens with zero attached hydrogens (tertiary/aromatic N) is 2. The number of amides is 1. The molecule has 0 fully saturated rings. The lowest BCUT2D eigenvalue weighted by Crippen LogP contribution is -2.33. The minimum Gasteiger partial charge on any atom is -0.396 e. The maximum absolute atomic E-state index is 11.9. The molecule has 6 nitrogen and oxygen atoms in total. The van der Waals surface area contributed by atoms with E-state index >= 15 is 0 Å². The van der Waals surface area contributed by atoms with Crippen LogP contribution in [0.4, 0.5) is 5.69 Å². The minimum atomic E-state index is -0.0744. The molecule has 1 aromatic heterocycles. The Morgan fingerprint density at radius 3 is 2.65 bits per heavy atom. The summed E-state index contributed by atoms with van der Waals surface area (Å²) >= 11 is 0. The number of carbonyl (C=O) groups excluding carboxylic acids is 1. The van der Waals surface area contributed by atoms with Crippen molar-refractivity contribution in [1.82, 2.24) is 15.1 Å². The molecule has 1 amide bonds. The van der Waals surface area contributed by atoms with Crippen LogP contribution in [0.5, 0.6) is 0 Å². The number of hydrogen-bond acceptors (Lipinski definition) is 4. The Morgan fingerprint density at radius 1 is 1.45 bits per heavy atom. The van der Waals surface area contributed by atoms with Gasteiger partial charge in [-0.15, -0.1) is 0 Å². The Kier molecular flexibility index (Phi) is 6.51. The van der Waals surface area contributed by atoms with E-state index in [0.29, 0.717) is 18.2 Å². The number of carbonyl (C=O) groups is 1. The molecule has 4 N–H and O–H groups in total. The first-order valence-electron chi connectivity index (χ1n) is 7.16. The van der Waals surface area contributed by atoms with Crippen molar-refractivity contribution in [2.24, 2.45) is 5.92 Å². The maximum Gasteiger partial charge on any atom is 0.241 e. The molecule has 1 atom stereocenters. The van der Waals surface area contributed by atoms with Crippen molar-refractivity contribution in [3.8, 4) is 0 Å². The summed E-state index contributed by atoms with van der Waals surface area (Å²) in [5.74, 6) is 0.258. The van der Waals surface area contributed by atoms with Gasteiger partial charge in [0.1, 0.15) is 6.54 Å². The molecule has 114 valence electrons. The van der Waals surface area contributed by atoms with Crippen LogP contribution in [0.25, 0.3) is 0 Å². The van der Waals surface area contributed by atoms with Crippen molar-refractivity contribution in [3.05, 3.63) is 11.4 Å². The summed E-state index contributed by atoms with van der Waals surface area (Å²) in [5, 5.41) is 16.1. The summed E-state index contributed by atoms with van der Waals surface area (Å²) in [6.07, 6.45) is 2.78. The number of anilines is 1.